The fourth-order valence-corrected chi connectivity index (χ4v) is 6.39. The maximum Gasteiger partial charge on any atom is 0.127 e. The summed E-state index contributed by atoms with van der Waals surface area (Å²) in [5.74, 6) is 3.32. The predicted molar refractivity (Wildman–Crippen MR) is 165 cm³/mol. The number of benzene rings is 6. The van der Waals surface area contributed by atoms with E-state index in [1.54, 1.807) is 0 Å². The summed E-state index contributed by atoms with van der Waals surface area (Å²) in [5, 5.41) is 0. The van der Waals surface area contributed by atoms with Crippen LogP contribution in [0.3, 0.4) is 0 Å². The van der Waals surface area contributed by atoms with Gasteiger partial charge in [0.2, 0.25) is 0 Å². The van der Waals surface area contributed by atoms with Gasteiger partial charge in [-0.3, -0.25) is 0 Å². The van der Waals surface area contributed by atoms with E-state index < -0.39 is 0 Å². The summed E-state index contributed by atoms with van der Waals surface area (Å²) in [7, 11) is 0. The molecule has 0 heterocycles. The van der Waals surface area contributed by atoms with Gasteiger partial charge < -0.3 is 9.47 Å². The van der Waals surface area contributed by atoms with Crippen molar-refractivity contribution in [2.45, 2.75) is 17.3 Å². The van der Waals surface area contributed by atoms with Gasteiger partial charge in [-0.2, -0.15) is 0 Å². The molecule has 0 unspecified atom stereocenters. The minimum atomic E-state index is -0.258. The second kappa shape index (κ2) is 10.5. The van der Waals surface area contributed by atoms with E-state index in [0.717, 1.165) is 29.4 Å². The quantitative estimate of drug-likeness (QED) is 0.195. The second-order valence-electron chi connectivity index (χ2n) is 10.6. The van der Waals surface area contributed by atoms with E-state index in [4.69, 9.17) is 9.47 Å². The van der Waals surface area contributed by atoms with Crippen molar-refractivity contribution in [1.82, 2.24) is 0 Å². The highest BCUT2D eigenvalue weighted by atomic mass is 16.5. The Morgan fingerprint density at radius 1 is 0.293 bits per heavy atom. The third-order valence-electron chi connectivity index (χ3n) is 8.32. The van der Waals surface area contributed by atoms with Crippen LogP contribution in [-0.4, -0.2) is 0 Å². The minimum absolute atomic E-state index is 0.209. The van der Waals surface area contributed by atoms with Crippen LogP contribution in [-0.2, 0) is 10.8 Å². The van der Waals surface area contributed by atoms with Crippen LogP contribution in [0.25, 0.3) is 0 Å². The van der Waals surface area contributed by atoms with Crippen molar-refractivity contribution in [1.29, 1.82) is 0 Å². The van der Waals surface area contributed by atoms with Gasteiger partial charge in [-0.1, -0.05) is 121 Å². The van der Waals surface area contributed by atoms with Gasteiger partial charge in [0.25, 0.3) is 0 Å². The van der Waals surface area contributed by atoms with Crippen LogP contribution in [0.15, 0.2) is 170 Å². The van der Waals surface area contributed by atoms with Crippen LogP contribution in [0.5, 0.6) is 23.0 Å². The zero-order valence-electron chi connectivity index (χ0n) is 22.7. The van der Waals surface area contributed by atoms with Crippen molar-refractivity contribution in [3.05, 3.63) is 192 Å². The lowest BCUT2D eigenvalue weighted by molar-refractivity contribution is 0.482. The molecule has 1 aliphatic carbocycles. The van der Waals surface area contributed by atoms with Gasteiger partial charge in [0, 0.05) is 10.8 Å². The fraction of sp³-hybridized carbons (Fsp3) is 0.0769. The van der Waals surface area contributed by atoms with Crippen LogP contribution in [0.4, 0.5) is 0 Å². The largest absolute Gasteiger partial charge is 0.457 e. The second-order valence-corrected chi connectivity index (χ2v) is 10.6. The topological polar surface area (TPSA) is 18.5 Å². The van der Waals surface area contributed by atoms with Crippen molar-refractivity contribution >= 4 is 0 Å². The molecule has 7 rings (SSSR count). The molecule has 0 bridgehead atoms. The Balaban J connectivity index is 1.33. The molecule has 0 spiro atoms. The van der Waals surface area contributed by atoms with Crippen molar-refractivity contribution in [2.75, 3.05) is 0 Å². The Hall–Kier alpha value is -5.08. The number of para-hydroxylation sites is 2. The Kier molecular flexibility index (Phi) is 6.37. The zero-order valence-corrected chi connectivity index (χ0v) is 22.7. The molecule has 0 aromatic heterocycles. The number of ether oxygens (including phenoxy) is 2. The fourth-order valence-electron chi connectivity index (χ4n) is 6.39. The molecule has 41 heavy (non-hydrogen) atoms. The average Bonchev–Trinajstić information content (AvgIpc) is 3.76. The molecule has 0 N–H and O–H groups in total. The molecule has 0 radical (unpaired) electrons. The molecular formula is C39H30O2. The molecule has 1 fully saturated rings. The van der Waals surface area contributed by atoms with Crippen LogP contribution < -0.4 is 9.47 Å². The summed E-state index contributed by atoms with van der Waals surface area (Å²) in [6.45, 7) is 0. The summed E-state index contributed by atoms with van der Waals surface area (Å²) >= 11 is 0. The number of rotatable bonds is 8. The van der Waals surface area contributed by atoms with Crippen LogP contribution >= 0.6 is 0 Å². The minimum Gasteiger partial charge on any atom is -0.457 e. The molecule has 6 aromatic carbocycles. The van der Waals surface area contributed by atoms with Crippen molar-refractivity contribution in [3.8, 4) is 23.0 Å². The van der Waals surface area contributed by atoms with Crippen molar-refractivity contribution in [2.24, 2.45) is 0 Å². The van der Waals surface area contributed by atoms with Gasteiger partial charge >= 0.3 is 0 Å². The summed E-state index contributed by atoms with van der Waals surface area (Å²) in [4.78, 5) is 0. The normalized spacial score (nSPS) is 14.6. The molecule has 198 valence electrons. The molecule has 1 saturated carbocycles. The molecular weight excluding hydrogens is 500 g/mol. The SMILES string of the molecule is c1ccc(Oc2ccc(C3(c4ccc(Oc5ccccc5)cc4)CC3(c3ccccc3)c3ccccc3)cc2)cc1. The standard InChI is InChI=1S/C39H30O2/c1-5-13-30(14-6-1)38(31-15-7-2-8-16-31)29-39(38,32-21-25-36(26-22-32)40-34-17-9-3-10-18-34)33-23-27-37(28-24-33)41-35-19-11-4-12-20-35/h1-28H,29H2. The van der Waals surface area contributed by atoms with Gasteiger partial charge in [-0.15, -0.1) is 0 Å². The Bertz CT molecular complexity index is 1590. The van der Waals surface area contributed by atoms with Crippen LogP contribution in [0.2, 0.25) is 0 Å². The van der Waals surface area contributed by atoms with Gasteiger partial charge in [-0.05, 0) is 77.2 Å². The maximum atomic E-state index is 6.15. The highest BCUT2D eigenvalue weighted by Gasteiger charge is 2.70. The monoisotopic (exact) mass is 530 g/mol. The molecule has 2 heteroatoms. The third-order valence-corrected chi connectivity index (χ3v) is 8.32. The first kappa shape index (κ1) is 24.9. The van der Waals surface area contributed by atoms with E-state index in [9.17, 15) is 0 Å². The first-order valence-electron chi connectivity index (χ1n) is 14.1. The lowest BCUT2D eigenvalue weighted by atomic mass is 9.74. The Labute approximate surface area is 241 Å². The lowest BCUT2D eigenvalue weighted by Gasteiger charge is -2.29. The number of hydrogen-bond acceptors (Lipinski definition) is 2. The lowest BCUT2D eigenvalue weighted by Crippen LogP contribution is -2.25. The van der Waals surface area contributed by atoms with E-state index >= 15 is 0 Å². The van der Waals surface area contributed by atoms with Crippen LogP contribution in [0, 0.1) is 0 Å². The summed E-state index contributed by atoms with van der Waals surface area (Å²) in [6.07, 6.45) is 0.964. The Morgan fingerprint density at radius 3 is 0.902 bits per heavy atom. The zero-order chi connectivity index (χ0) is 27.5. The van der Waals surface area contributed by atoms with Gasteiger partial charge in [0.05, 0.1) is 0 Å². The first-order chi connectivity index (χ1) is 20.3. The van der Waals surface area contributed by atoms with Crippen molar-refractivity contribution < 1.29 is 9.47 Å². The summed E-state index contributed by atoms with van der Waals surface area (Å²) in [6, 6.07) is 59.0. The van der Waals surface area contributed by atoms with Crippen LogP contribution in [0.1, 0.15) is 28.7 Å². The molecule has 1 aliphatic rings. The van der Waals surface area contributed by atoms with E-state index in [1.807, 2.05) is 60.7 Å². The van der Waals surface area contributed by atoms with E-state index in [2.05, 4.69) is 109 Å². The highest BCUT2D eigenvalue weighted by Crippen LogP contribution is 2.71. The van der Waals surface area contributed by atoms with Gasteiger partial charge in [-0.25, -0.2) is 0 Å². The Morgan fingerprint density at radius 2 is 0.561 bits per heavy atom. The molecule has 0 saturated heterocycles. The van der Waals surface area contributed by atoms with Gasteiger partial charge in [0.1, 0.15) is 23.0 Å². The summed E-state index contributed by atoms with van der Waals surface area (Å²) in [5.41, 5.74) is 4.70. The predicted octanol–water partition coefficient (Wildman–Crippen LogP) is 9.95. The third kappa shape index (κ3) is 4.48. The van der Waals surface area contributed by atoms with E-state index in [-0.39, 0.29) is 10.8 Å². The molecule has 0 atom stereocenters. The molecule has 0 aliphatic heterocycles. The molecule has 0 amide bonds. The maximum absolute atomic E-state index is 6.15. The smallest absolute Gasteiger partial charge is 0.127 e. The number of hydrogen-bond donors (Lipinski definition) is 0. The first-order valence-corrected chi connectivity index (χ1v) is 14.1. The van der Waals surface area contributed by atoms with E-state index in [0.29, 0.717) is 0 Å². The van der Waals surface area contributed by atoms with Gasteiger partial charge in [0.15, 0.2) is 0 Å². The molecule has 6 aromatic rings. The average molecular weight is 531 g/mol. The summed E-state index contributed by atoms with van der Waals surface area (Å²) < 4.78 is 12.3. The highest BCUT2D eigenvalue weighted by molar-refractivity contribution is 5.65. The van der Waals surface area contributed by atoms with E-state index in [1.165, 1.54) is 22.3 Å². The van der Waals surface area contributed by atoms with Crippen molar-refractivity contribution in [3.63, 3.8) is 0 Å². The molecule has 2 nitrogen and oxygen atoms in total.